The number of halogens is 3. The molecule has 0 saturated carbocycles. The van der Waals surface area contributed by atoms with Crippen LogP contribution >= 0.6 is 0 Å². The lowest BCUT2D eigenvalue weighted by atomic mass is 9.91. The lowest BCUT2D eigenvalue weighted by molar-refractivity contribution is -0.136. The zero-order chi connectivity index (χ0) is 26.3. The molecule has 0 N–H and O–H groups in total. The van der Waals surface area contributed by atoms with Crippen LogP contribution in [0.2, 0.25) is 0 Å². The van der Waals surface area contributed by atoms with Crippen molar-refractivity contribution < 1.29 is 18.0 Å². The monoisotopic (exact) mass is 507 g/mol. The first-order valence-corrected chi connectivity index (χ1v) is 12.0. The van der Waals surface area contributed by atoms with E-state index in [0.29, 0.717) is 23.2 Å². The number of pyridine rings is 1. The molecular formula is C31H20F3N3O. The molecule has 0 aliphatic carbocycles. The van der Waals surface area contributed by atoms with Gasteiger partial charge in [0, 0.05) is 34.0 Å². The van der Waals surface area contributed by atoms with E-state index in [-0.39, 0.29) is 22.2 Å². The van der Waals surface area contributed by atoms with Gasteiger partial charge < -0.3 is 4.90 Å². The molecule has 7 heteroatoms. The van der Waals surface area contributed by atoms with Crippen LogP contribution in [-0.2, 0) is 12.7 Å². The summed E-state index contributed by atoms with van der Waals surface area (Å²) in [6.45, 7) is 0.592. The van der Waals surface area contributed by atoms with E-state index in [4.69, 9.17) is 0 Å². The maximum absolute atomic E-state index is 13.9. The van der Waals surface area contributed by atoms with Crippen LogP contribution in [0.1, 0.15) is 27.0 Å². The zero-order valence-corrected chi connectivity index (χ0v) is 20.0. The van der Waals surface area contributed by atoms with Gasteiger partial charge in [0.15, 0.2) is 5.78 Å². The number of hydrogen-bond donors (Lipinski definition) is 0. The van der Waals surface area contributed by atoms with Crippen LogP contribution < -0.4 is 4.90 Å². The van der Waals surface area contributed by atoms with Crippen molar-refractivity contribution in [2.24, 2.45) is 4.99 Å². The summed E-state index contributed by atoms with van der Waals surface area (Å²) in [4.78, 5) is 24.2. The second-order valence-corrected chi connectivity index (χ2v) is 8.99. The number of anilines is 1. The SMILES string of the molecule is O=C(c1ccccc1)c1cnc2c(C(F)(F)F)cccc2c1-c1cccc(N2C=Nc3ccccc3C2)c1. The summed E-state index contributed by atoms with van der Waals surface area (Å²) < 4.78 is 41.6. The molecule has 0 fully saturated rings. The van der Waals surface area contributed by atoms with Crippen LogP contribution in [0.3, 0.4) is 0 Å². The smallest absolute Gasteiger partial charge is 0.328 e. The highest BCUT2D eigenvalue weighted by atomic mass is 19.4. The van der Waals surface area contributed by atoms with Crippen molar-refractivity contribution in [1.82, 2.24) is 4.98 Å². The fourth-order valence-electron chi connectivity index (χ4n) is 4.80. The molecule has 0 amide bonds. The predicted octanol–water partition coefficient (Wildman–Crippen LogP) is 7.83. The summed E-state index contributed by atoms with van der Waals surface area (Å²) in [7, 11) is 0. The van der Waals surface area contributed by atoms with Crippen LogP contribution in [0.5, 0.6) is 0 Å². The first kappa shape index (κ1) is 23.6. The third-order valence-electron chi connectivity index (χ3n) is 6.62. The molecule has 6 rings (SSSR count). The van der Waals surface area contributed by atoms with E-state index >= 15 is 0 Å². The van der Waals surface area contributed by atoms with Gasteiger partial charge in [0.2, 0.25) is 0 Å². The Bertz CT molecular complexity index is 1710. The Hall–Kier alpha value is -4.78. The second kappa shape index (κ2) is 9.27. The summed E-state index contributed by atoms with van der Waals surface area (Å²) in [5.74, 6) is -0.314. The maximum atomic E-state index is 13.9. The summed E-state index contributed by atoms with van der Waals surface area (Å²) >= 11 is 0. The molecule has 38 heavy (non-hydrogen) atoms. The Balaban J connectivity index is 1.54. The van der Waals surface area contributed by atoms with Crippen molar-refractivity contribution in [1.29, 1.82) is 0 Å². The van der Waals surface area contributed by atoms with Gasteiger partial charge in [0.25, 0.3) is 0 Å². The van der Waals surface area contributed by atoms with E-state index in [0.717, 1.165) is 23.0 Å². The van der Waals surface area contributed by atoms with Crippen molar-refractivity contribution >= 4 is 34.4 Å². The van der Waals surface area contributed by atoms with Gasteiger partial charge in [-0.2, -0.15) is 13.2 Å². The van der Waals surface area contributed by atoms with Crippen LogP contribution in [0.25, 0.3) is 22.0 Å². The molecule has 0 bridgehead atoms. The summed E-state index contributed by atoms with van der Waals surface area (Å²) in [5.41, 5.74) is 3.41. The molecule has 0 unspecified atom stereocenters. The first-order valence-electron chi connectivity index (χ1n) is 12.0. The lowest BCUT2D eigenvalue weighted by Gasteiger charge is -2.25. The van der Waals surface area contributed by atoms with E-state index in [1.165, 1.54) is 12.3 Å². The molecule has 186 valence electrons. The molecule has 0 atom stereocenters. The van der Waals surface area contributed by atoms with Gasteiger partial charge in [-0.25, -0.2) is 4.99 Å². The fourth-order valence-corrected chi connectivity index (χ4v) is 4.80. The number of benzene rings is 4. The highest BCUT2D eigenvalue weighted by molar-refractivity contribution is 6.17. The Kier molecular flexibility index (Phi) is 5.76. The molecule has 4 nitrogen and oxygen atoms in total. The number of ketones is 1. The highest BCUT2D eigenvalue weighted by Crippen LogP contribution is 2.40. The van der Waals surface area contributed by atoms with E-state index in [2.05, 4.69) is 9.98 Å². The van der Waals surface area contributed by atoms with Crippen LogP contribution in [0, 0.1) is 0 Å². The van der Waals surface area contributed by atoms with E-state index < -0.39 is 11.7 Å². The highest BCUT2D eigenvalue weighted by Gasteiger charge is 2.34. The lowest BCUT2D eigenvalue weighted by Crippen LogP contribution is -2.23. The fraction of sp³-hybridized carbons (Fsp3) is 0.0645. The molecule has 2 heterocycles. The molecule has 0 spiro atoms. The molecule has 4 aromatic carbocycles. The number of para-hydroxylation sites is 2. The topological polar surface area (TPSA) is 45.6 Å². The molecule has 0 saturated heterocycles. The van der Waals surface area contributed by atoms with Crippen molar-refractivity contribution in [3.8, 4) is 11.1 Å². The maximum Gasteiger partial charge on any atom is 0.418 e. The number of aromatic nitrogens is 1. The molecular weight excluding hydrogens is 487 g/mol. The first-order chi connectivity index (χ1) is 18.4. The second-order valence-electron chi connectivity index (χ2n) is 8.99. The van der Waals surface area contributed by atoms with Gasteiger partial charge in [-0.15, -0.1) is 0 Å². The number of carbonyl (C=O) groups excluding carboxylic acids is 1. The zero-order valence-electron chi connectivity index (χ0n) is 20.0. The average molecular weight is 508 g/mol. The van der Waals surface area contributed by atoms with Crippen molar-refractivity contribution in [3.63, 3.8) is 0 Å². The molecule has 0 radical (unpaired) electrons. The van der Waals surface area contributed by atoms with E-state index in [1.807, 2.05) is 47.4 Å². The third-order valence-corrected chi connectivity index (χ3v) is 6.62. The minimum absolute atomic E-state index is 0.196. The quantitative estimate of drug-likeness (QED) is 0.233. The number of carbonyl (C=O) groups is 1. The molecule has 5 aromatic rings. The van der Waals surface area contributed by atoms with Gasteiger partial charge in [0.1, 0.15) is 0 Å². The van der Waals surface area contributed by atoms with Crippen molar-refractivity contribution in [3.05, 3.63) is 126 Å². The van der Waals surface area contributed by atoms with Crippen molar-refractivity contribution in [2.75, 3.05) is 4.90 Å². The Morgan fingerprint density at radius 3 is 2.42 bits per heavy atom. The van der Waals surface area contributed by atoms with Crippen molar-refractivity contribution in [2.45, 2.75) is 12.7 Å². The van der Waals surface area contributed by atoms with Gasteiger partial charge in [-0.05, 0) is 35.4 Å². The number of aliphatic imine (C=N–C) groups is 1. The number of fused-ring (bicyclic) bond motifs is 2. The summed E-state index contributed by atoms with van der Waals surface area (Å²) in [6.07, 6.45) is -1.59. The summed E-state index contributed by atoms with van der Waals surface area (Å²) in [6, 6.07) is 27.9. The minimum Gasteiger partial charge on any atom is -0.328 e. The van der Waals surface area contributed by atoms with Gasteiger partial charge >= 0.3 is 6.18 Å². The minimum atomic E-state index is -4.59. The average Bonchev–Trinajstić information content (AvgIpc) is 2.95. The van der Waals surface area contributed by atoms with Gasteiger partial charge in [-0.1, -0.05) is 72.8 Å². The Labute approximate surface area is 216 Å². The Morgan fingerprint density at radius 2 is 1.61 bits per heavy atom. The summed E-state index contributed by atoms with van der Waals surface area (Å²) in [5, 5.41) is 0.261. The predicted molar refractivity (Wildman–Crippen MR) is 143 cm³/mol. The molecule has 1 aliphatic heterocycles. The van der Waals surface area contributed by atoms with E-state index in [9.17, 15) is 18.0 Å². The van der Waals surface area contributed by atoms with Crippen LogP contribution in [0.4, 0.5) is 24.5 Å². The number of alkyl halides is 3. The Morgan fingerprint density at radius 1 is 0.842 bits per heavy atom. The third kappa shape index (κ3) is 4.22. The number of hydrogen-bond acceptors (Lipinski definition) is 4. The normalized spacial score (nSPS) is 13.0. The number of nitrogens with zero attached hydrogens (tertiary/aromatic N) is 3. The standard InChI is InChI=1S/C31H20F3N3O/c32-31(33,34)26-14-7-13-24-28(25(17-35-29(24)26)30(38)20-8-2-1-3-9-20)21-11-6-12-23(16-21)37-18-22-10-4-5-15-27(22)36-19-37/h1-17,19H,18H2. The van der Waals surface area contributed by atoms with Gasteiger partial charge in [0.05, 0.1) is 29.7 Å². The van der Waals surface area contributed by atoms with E-state index in [1.54, 1.807) is 48.8 Å². The van der Waals surface area contributed by atoms with Crippen LogP contribution in [0.15, 0.2) is 108 Å². The molecule has 1 aliphatic rings. The van der Waals surface area contributed by atoms with Gasteiger partial charge in [-0.3, -0.25) is 9.78 Å². The number of rotatable bonds is 4. The largest absolute Gasteiger partial charge is 0.418 e. The van der Waals surface area contributed by atoms with Crippen LogP contribution in [-0.4, -0.2) is 17.1 Å². The molecule has 1 aromatic heterocycles.